The molecule has 4 nitrogen and oxygen atoms in total. The second-order valence-electron chi connectivity index (χ2n) is 6.32. The molecular weight excluding hydrogens is 298 g/mol. The first-order chi connectivity index (χ1) is 11.7. The Morgan fingerprint density at radius 3 is 2.75 bits per heavy atom. The van der Waals surface area contributed by atoms with Crippen LogP contribution in [0.15, 0.2) is 48.8 Å². The fourth-order valence-corrected chi connectivity index (χ4v) is 3.28. The minimum absolute atomic E-state index is 0.0694. The van der Waals surface area contributed by atoms with Crippen LogP contribution in [0.25, 0.3) is 22.2 Å². The number of likely N-dealkylation sites (tertiary alicyclic amines) is 1. The van der Waals surface area contributed by atoms with E-state index in [1.807, 2.05) is 23.1 Å². The molecule has 1 amide bonds. The van der Waals surface area contributed by atoms with Crippen molar-refractivity contribution in [3.05, 3.63) is 59.9 Å². The molecule has 4 heteroatoms. The summed E-state index contributed by atoms with van der Waals surface area (Å²) in [6.07, 6.45) is 5.70. The van der Waals surface area contributed by atoms with E-state index >= 15 is 0 Å². The topological polar surface area (TPSA) is 46.1 Å². The first-order valence-electron chi connectivity index (χ1n) is 8.33. The molecule has 0 radical (unpaired) electrons. The zero-order valence-corrected chi connectivity index (χ0v) is 13.7. The molecule has 120 valence electrons. The normalized spacial score (nSPS) is 14.3. The third kappa shape index (κ3) is 2.64. The van der Waals surface area contributed by atoms with Gasteiger partial charge in [0.05, 0.1) is 16.8 Å². The van der Waals surface area contributed by atoms with Crippen LogP contribution in [0.4, 0.5) is 0 Å². The van der Waals surface area contributed by atoms with Crippen LogP contribution in [0, 0.1) is 6.92 Å². The largest absolute Gasteiger partial charge is 0.339 e. The van der Waals surface area contributed by atoms with E-state index in [0.29, 0.717) is 11.3 Å². The van der Waals surface area contributed by atoms with Gasteiger partial charge < -0.3 is 4.90 Å². The molecule has 3 heterocycles. The number of hydrogen-bond donors (Lipinski definition) is 0. The van der Waals surface area contributed by atoms with Gasteiger partial charge in [0.15, 0.2) is 0 Å². The number of hydrogen-bond acceptors (Lipinski definition) is 3. The molecule has 1 fully saturated rings. The van der Waals surface area contributed by atoms with Crippen LogP contribution in [-0.4, -0.2) is 33.9 Å². The molecule has 0 saturated carbocycles. The summed E-state index contributed by atoms with van der Waals surface area (Å²) in [6.45, 7) is 3.74. The van der Waals surface area contributed by atoms with Gasteiger partial charge in [-0.15, -0.1) is 0 Å². The van der Waals surface area contributed by atoms with E-state index in [9.17, 15) is 4.79 Å². The monoisotopic (exact) mass is 317 g/mol. The van der Waals surface area contributed by atoms with Gasteiger partial charge in [-0.2, -0.15) is 0 Å². The highest BCUT2D eigenvalue weighted by Gasteiger charge is 2.22. The van der Waals surface area contributed by atoms with Gasteiger partial charge in [-0.25, -0.2) is 0 Å². The number of aromatic nitrogens is 2. The lowest BCUT2D eigenvalue weighted by Crippen LogP contribution is -2.28. The summed E-state index contributed by atoms with van der Waals surface area (Å²) in [4.78, 5) is 23.8. The van der Waals surface area contributed by atoms with Crippen molar-refractivity contribution in [2.24, 2.45) is 0 Å². The number of aryl methyl sites for hydroxylation is 1. The van der Waals surface area contributed by atoms with Gasteiger partial charge in [-0.3, -0.25) is 14.8 Å². The second kappa shape index (κ2) is 6.04. The molecule has 0 N–H and O–H groups in total. The van der Waals surface area contributed by atoms with E-state index in [-0.39, 0.29) is 5.91 Å². The SMILES string of the molecule is Cc1ccc2ncc(-c3ncccc3C(=O)N3CCCC3)cc2c1. The first-order valence-corrected chi connectivity index (χ1v) is 8.33. The average Bonchev–Trinajstić information content (AvgIpc) is 3.15. The molecule has 1 aromatic carbocycles. The number of amides is 1. The predicted molar refractivity (Wildman–Crippen MR) is 94.8 cm³/mol. The Hall–Kier alpha value is -2.75. The zero-order valence-electron chi connectivity index (χ0n) is 13.7. The van der Waals surface area contributed by atoms with Crippen molar-refractivity contribution in [1.82, 2.24) is 14.9 Å². The number of benzene rings is 1. The molecule has 1 saturated heterocycles. The lowest BCUT2D eigenvalue weighted by Gasteiger charge is -2.17. The Bertz CT molecular complexity index is 914. The summed E-state index contributed by atoms with van der Waals surface area (Å²) >= 11 is 0. The summed E-state index contributed by atoms with van der Waals surface area (Å²) in [5.74, 6) is 0.0694. The van der Waals surface area contributed by atoms with Crippen LogP contribution >= 0.6 is 0 Å². The van der Waals surface area contributed by atoms with Crippen LogP contribution in [0.2, 0.25) is 0 Å². The Labute approximate surface area is 141 Å². The lowest BCUT2D eigenvalue weighted by atomic mass is 10.0. The minimum atomic E-state index is 0.0694. The minimum Gasteiger partial charge on any atom is -0.339 e. The molecule has 0 unspecified atom stereocenters. The summed E-state index contributed by atoms with van der Waals surface area (Å²) in [6, 6.07) is 11.9. The fourth-order valence-electron chi connectivity index (χ4n) is 3.28. The summed E-state index contributed by atoms with van der Waals surface area (Å²) in [7, 11) is 0. The molecule has 24 heavy (non-hydrogen) atoms. The molecule has 0 spiro atoms. The van der Waals surface area contributed by atoms with Crippen molar-refractivity contribution in [2.75, 3.05) is 13.1 Å². The highest BCUT2D eigenvalue weighted by Crippen LogP contribution is 2.26. The summed E-state index contributed by atoms with van der Waals surface area (Å²) in [5, 5.41) is 1.07. The average molecular weight is 317 g/mol. The maximum absolute atomic E-state index is 12.8. The van der Waals surface area contributed by atoms with E-state index in [0.717, 1.165) is 42.4 Å². The van der Waals surface area contributed by atoms with E-state index in [2.05, 4.69) is 35.1 Å². The Kier molecular flexibility index (Phi) is 3.73. The third-order valence-electron chi connectivity index (χ3n) is 4.54. The van der Waals surface area contributed by atoms with Gasteiger partial charge in [0.2, 0.25) is 0 Å². The molecule has 4 rings (SSSR count). The third-order valence-corrected chi connectivity index (χ3v) is 4.54. The first kappa shape index (κ1) is 14.8. The molecular formula is C20H19N3O. The molecule has 0 bridgehead atoms. The van der Waals surface area contributed by atoms with Crippen molar-refractivity contribution < 1.29 is 4.79 Å². The van der Waals surface area contributed by atoms with Crippen molar-refractivity contribution in [1.29, 1.82) is 0 Å². The number of pyridine rings is 2. The number of fused-ring (bicyclic) bond motifs is 1. The lowest BCUT2D eigenvalue weighted by molar-refractivity contribution is 0.0793. The van der Waals surface area contributed by atoms with Crippen molar-refractivity contribution in [3.8, 4) is 11.3 Å². The maximum atomic E-state index is 12.8. The number of carbonyl (C=O) groups is 1. The van der Waals surface area contributed by atoms with Gasteiger partial charge in [0.25, 0.3) is 5.91 Å². The van der Waals surface area contributed by atoms with E-state index in [1.165, 1.54) is 5.56 Å². The highest BCUT2D eigenvalue weighted by atomic mass is 16.2. The van der Waals surface area contributed by atoms with Crippen molar-refractivity contribution >= 4 is 16.8 Å². The molecule has 3 aromatic rings. The second-order valence-corrected chi connectivity index (χ2v) is 6.32. The summed E-state index contributed by atoms with van der Waals surface area (Å²) < 4.78 is 0. The van der Waals surface area contributed by atoms with Crippen molar-refractivity contribution in [3.63, 3.8) is 0 Å². The number of carbonyl (C=O) groups excluding carboxylic acids is 1. The summed E-state index contributed by atoms with van der Waals surface area (Å²) in [5.41, 5.74) is 4.40. The maximum Gasteiger partial charge on any atom is 0.256 e. The number of rotatable bonds is 2. The van der Waals surface area contributed by atoms with Gasteiger partial charge >= 0.3 is 0 Å². The Balaban J connectivity index is 1.80. The van der Waals surface area contributed by atoms with Gasteiger partial charge in [-0.05, 0) is 50.1 Å². The van der Waals surface area contributed by atoms with Crippen molar-refractivity contribution in [2.45, 2.75) is 19.8 Å². The van der Waals surface area contributed by atoms with Gasteiger partial charge in [0.1, 0.15) is 0 Å². The van der Waals surface area contributed by atoms with Crippen LogP contribution in [0.3, 0.4) is 0 Å². The van der Waals surface area contributed by atoms with E-state index < -0.39 is 0 Å². The van der Waals surface area contributed by atoms with Crippen LogP contribution in [0.1, 0.15) is 28.8 Å². The van der Waals surface area contributed by atoms with Gasteiger partial charge in [0, 0.05) is 36.4 Å². The molecule has 0 aliphatic carbocycles. The number of nitrogens with zero attached hydrogens (tertiary/aromatic N) is 3. The smallest absolute Gasteiger partial charge is 0.256 e. The Morgan fingerprint density at radius 1 is 1.08 bits per heavy atom. The molecule has 1 aliphatic rings. The van der Waals surface area contributed by atoms with Crippen LogP contribution in [0.5, 0.6) is 0 Å². The molecule has 0 atom stereocenters. The molecule has 1 aliphatic heterocycles. The predicted octanol–water partition coefficient (Wildman–Crippen LogP) is 3.84. The highest BCUT2D eigenvalue weighted by molar-refractivity contribution is 6.00. The van der Waals surface area contributed by atoms with E-state index in [1.54, 1.807) is 12.4 Å². The zero-order chi connectivity index (χ0) is 16.5. The standard InChI is InChI=1S/C20H19N3O/c1-14-6-7-18-15(11-14)12-16(13-22-18)19-17(5-4-8-21-19)20(24)23-9-2-3-10-23/h4-8,11-13H,2-3,9-10H2,1H3. The Morgan fingerprint density at radius 2 is 1.92 bits per heavy atom. The molecule has 2 aromatic heterocycles. The van der Waals surface area contributed by atoms with Crippen LogP contribution in [-0.2, 0) is 0 Å². The van der Waals surface area contributed by atoms with Crippen LogP contribution < -0.4 is 0 Å². The van der Waals surface area contributed by atoms with Gasteiger partial charge in [-0.1, -0.05) is 11.6 Å². The fraction of sp³-hybridized carbons (Fsp3) is 0.250. The van der Waals surface area contributed by atoms with E-state index in [4.69, 9.17) is 0 Å². The quantitative estimate of drug-likeness (QED) is 0.721.